The molecular weight excluding hydrogens is 338 g/mol. The van der Waals surface area contributed by atoms with Gasteiger partial charge in [-0.1, -0.05) is 17.7 Å². The molecule has 1 atom stereocenters. The Morgan fingerprint density at radius 3 is 2.72 bits per heavy atom. The van der Waals surface area contributed by atoms with Gasteiger partial charge in [-0.25, -0.2) is 4.98 Å². The minimum absolute atomic E-state index is 0.353. The molecular formula is C18H25N3O3S. The predicted octanol–water partition coefficient (Wildman–Crippen LogP) is 2.35. The molecule has 25 heavy (non-hydrogen) atoms. The predicted molar refractivity (Wildman–Crippen MR) is 98.6 cm³/mol. The number of aromatic nitrogens is 1. The number of amides is 1. The van der Waals surface area contributed by atoms with Crippen molar-refractivity contribution in [1.29, 1.82) is 0 Å². The van der Waals surface area contributed by atoms with Crippen molar-refractivity contribution in [3.05, 3.63) is 45.9 Å². The summed E-state index contributed by atoms with van der Waals surface area (Å²) in [6.45, 7) is 5.97. The zero-order chi connectivity index (χ0) is 18.2. The van der Waals surface area contributed by atoms with Gasteiger partial charge in [-0.15, -0.1) is 11.3 Å². The summed E-state index contributed by atoms with van der Waals surface area (Å²) in [6.07, 6.45) is 0. The van der Waals surface area contributed by atoms with Crippen molar-refractivity contribution in [2.24, 2.45) is 5.73 Å². The average Bonchev–Trinajstić information content (AvgIpc) is 3.05. The highest BCUT2D eigenvalue weighted by molar-refractivity contribution is 7.09. The molecule has 0 saturated carbocycles. The molecule has 0 bridgehead atoms. The van der Waals surface area contributed by atoms with Crippen molar-refractivity contribution < 1.29 is 14.3 Å². The molecule has 0 radical (unpaired) electrons. The Hall–Kier alpha value is -1.96. The molecule has 2 aromatic rings. The summed E-state index contributed by atoms with van der Waals surface area (Å²) in [5.41, 5.74) is 7.53. The fourth-order valence-electron chi connectivity index (χ4n) is 2.27. The molecule has 0 aliphatic rings. The van der Waals surface area contributed by atoms with Gasteiger partial charge in [-0.3, -0.25) is 9.69 Å². The molecule has 7 heteroatoms. The van der Waals surface area contributed by atoms with Crippen LogP contribution in [-0.2, 0) is 22.7 Å². The van der Waals surface area contributed by atoms with E-state index in [-0.39, 0.29) is 11.9 Å². The fourth-order valence-corrected chi connectivity index (χ4v) is 2.97. The van der Waals surface area contributed by atoms with Crippen LogP contribution < -0.4 is 10.5 Å². The van der Waals surface area contributed by atoms with Crippen molar-refractivity contribution >= 4 is 17.2 Å². The molecule has 0 aliphatic carbocycles. The number of rotatable bonds is 10. The normalized spacial score (nSPS) is 12.3. The van der Waals surface area contributed by atoms with E-state index in [1.165, 1.54) is 5.56 Å². The summed E-state index contributed by atoms with van der Waals surface area (Å²) in [7, 11) is 1.64. The van der Waals surface area contributed by atoms with E-state index >= 15 is 0 Å². The first kappa shape index (κ1) is 19.4. The number of hydrogen-bond acceptors (Lipinski definition) is 6. The van der Waals surface area contributed by atoms with Gasteiger partial charge in [0, 0.05) is 25.6 Å². The van der Waals surface area contributed by atoms with E-state index in [0.717, 1.165) is 16.5 Å². The largest absolute Gasteiger partial charge is 0.486 e. The zero-order valence-corrected chi connectivity index (χ0v) is 15.7. The highest BCUT2D eigenvalue weighted by Crippen LogP contribution is 2.17. The number of thiazole rings is 1. The van der Waals surface area contributed by atoms with E-state index in [0.29, 0.717) is 26.3 Å². The SMILES string of the molecule is COCCN(Cc1csc(COc2ccc(C)cc2)n1)C(C)C(N)=O. The van der Waals surface area contributed by atoms with E-state index in [1.54, 1.807) is 25.4 Å². The van der Waals surface area contributed by atoms with Crippen LogP contribution >= 0.6 is 11.3 Å². The van der Waals surface area contributed by atoms with Crippen LogP contribution in [0.15, 0.2) is 29.6 Å². The van der Waals surface area contributed by atoms with Crippen LogP contribution in [0.3, 0.4) is 0 Å². The first-order valence-electron chi connectivity index (χ1n) is 8.14. The third-order valence-corrected chi connectivity index (χ3v) is 4.76. The summed E-state index contributed by atoms with van der Waals surface area (Å²) < 4.78 is 10.9. The number of methoxy groups -OCH3 is 1. The average molecular weight is 363 g/mol. The van der Waals surface area contributed by atoms with Crippen molar-refractivity contribution in [1.82, 2.24) is 9.88 Å². The summed E-state index contributed by atoms with van der Waals surface area (Å²) in [6, 6.07) is 7.56. The Labute approximate surface area is 152 Å². The van der Waals surface area contributed by atoms with Crippen LogP contribution in [0.5, 0.6) is 5.75 Å². The van der Waals surface area contributed by atoms with Gasteiger partial charge in [0.2, 0.25) is 5.91 Å². The second kappa shape index (κ2) is 9.50. The molecule has 1 amide bonds. The maximum atomic E-state index is 11.5. The van der Waals surface area contributed by atoms with Gasteiger partial charge in [-0.2, -0.15) is 0 Å². The third-order valence-electron chi connectivity index (χ3n) is 3.89. The Kier molecular flexibility index (Phi) is 7.36. The second-order valence-corrected chi connectivity index (χ2v) is 6.82. The number of nitrogens with two attached hydrogens (primary N) is 1. The number of benzene rings is 1. The lowest BCUT2D eigenvalue weighted by Crippen LogP contribution is -2.43. The molecule has 1 aromatic heterocycles. The van der Waals surface area contributed by atoms with E-state index in [2.05, 4.69) is 4.98 Å². The quantitative estimate of drug-likeness (QED) is 0.701. The number of primary amides is 1. The summed E-state index contributed by atoms with van der Waals surface area (Å²) >= 11 is 1.55. The topological polar surface area (TPSA) is 77.7 Å². The first-order chi connectivity index (χ1) is 12.0. The smallest absolute Gasteiger partial charge is 0.234 e. The Morgan fingerprint density at radius 2 is 2.08 bits per heavy atom. The van der Waals surface area contributed by atoms with Crippen molar-refractivity contribution in [2.75, 3.05) is 20.3 Å². The molecule has 2 rings (SSSR count). The molecule has 1 heterocycles. The number of nitrogens with zero attached hydrogens (tertiary/aromatic N) is 2. The van der Waals surface area contributed by atoms with Crippen molar-refractivity contribution in [2.45, 2.75) is 33.0 Å². The molecule has 0 fully saturated rings. The molecule has 1 aromatic carbocycles. The molecule has 2 N–H and O–H groups in total. The number of aryl methyl sites for hydroxylation is 1. The van der Waals surface area contributed by atoms with Crippen LogP contribution in [0.2, 0.25) is 0 Å². The third kappa shape index (κ3) is 6.12. The maximum absolute atomic E-state index is 11.5. The Balaban J connectivity index is 1.93. The highest BCUT2D eigenvalue weighted by Gasteiger charge is 2.20. The van der Waals surface area contributed by atoms with Gasteiger partial charge in [0.1, 0.15) is 17.4 Å². The number of hydrogen-bond donors (Lipinski definition) is 1. The van der Waals surface area contributed by atoms with E-state index in [1.807, 2.05) is 41.5 Å². The van der Waals surface area contributed by atoms with Gasteiger partial charge in [0.25, 0.3) is 0 Å². The van der Waals surface area contributed by atoms with Crippen molar-refractivity contribution in [3.8, 4) is 5.75 Å². The van der Waals surface area contributed by atoms with Crippen LogP contribution in [0, 0.1) is 6.92 Å². The van der Waals surface area contributed by atoms with Gasteiger partial charge < -0.3 is 15.2 Å². The summed E-state index contributed by atoms with van der Waals surface area (Å²) in [5, 5.41) is 2.88. The molecule has 1 unspecified atom stereocenters. The number of ether oxygens (including phenoxy) is 2. The summed E-state index contributed by atoms with van der Waals surface area (Å²) in [4.78, 5) is 18.0. The monoisotopic (exact) mass is 363 g/mol. The number of carbonyl (C=O) groups excluding carboxylic acids is 1. The van der Waals surface area contributed by atoms with Crippen LogP contribution in [0.25, 0.3) is 0 Å². The highest BCUT2D eigenvalue weighted by atomic mass is 32.1. The molecule has 0 spiro atoms. The molecule has 136 valence electrons. The Bertz CT molecular complexity index is 672. The molecule has 0 saturated heterocycles. The van der Waals surface area contributed by atoms with Crippen LogP contribution in [-0.4, -0.2) is 42.1 Å². The Morgan fingerprint density at radius 1 is 1.36 bits per heavy atom. The maximum Gasteiger partial charge on any atom is 0.234 e. The minimum Gasteiger partial charge on any atom is -0.486 e. The van der Waals surface area contributed by atoms with Gasteiger partial charge in [-0.05, 0) is 26.0 Å². The molecule has 6 nitrogen and oxygen atoms in total. The minimum atomic E-state index is -0.371. The van der Waals surface area contributed by atoms with E-state index < -0.39 is 0 Å². The van der Waals surface area contributed by atoms with E-state index in [9.17, 15) is 4.79 Å². The van der Waals surface area contributed by atoms with E-state index in [4.69, 9.17) is 15.2 Å². The zero-order valence-electron chi connectivity index (χ0n) is 14.9. The standard InChI is InChI=1S/C18H25N3O3S/c1-13-4-6-16(7-5-13)24-11-17-20-15(12-25-17)10-21(8-9-23-3)14(2)18(19)22/h4-7,12,14H,8-11H2,1-3H3,(H2,19,22). The first-order valence-corrected chi connectivity index (χ1v) is 9.02. The lowest BCUT2D eigenvalue weighted by atomic mass is 10.2. The van der Waals surface area contributed by atoms with Gasteiger partial charge in [0.15, 0.2) is 0 Å². The van der Waals surface area contributed by atoms with Crippen molar-refractivity contribution in [3.63, 3.8) is 0 Å². The second-order valence-electron chi connectivity index (χ2n) is 5.88. The lowest BCUT2D eigenvalue weighted by Gasteiger charge is -2.25. The lowest BCUT2D eigenvalue weighted by molar-refractivity contribution is -0.123. The van der Waals surface area contributed by atoms with Crippen LogP contribution in [0.1, 0.15) is 23.2 Å². The molecule has 0 aliphatic heterocycles. The number of carbonyl (C=O) groups is 1. The van der Waals surface area contributed by atoms with Gasteiger partial charge >= 0.3 is 0 Å². The van der Waals surface area contributed by atoms with Gasteiger partial charge in [0.05, 0.1) is 18.3 Å². The summed E-state index contributed by atoms with van der Waals surface area (Å²) in [5.74, 6) is 0.473. The van der Waals surface area contributed by atoms with Crippen LogP contribution in [0.4, 0.5) is 0 Å². The fraction of sp³-hybridized carbons (Fsp3) is 0.444.